The highest BCUT2D eigenvalue weighted by Gasteiger charge is 2.37. The zero-order valence-electron chi connectivity index (χ0n) is 16.7. The SMILES string of the molecule is CSC1=CC2C(=O)c3ccccc3NC2C=C1C(O)NC(C)(C)c1cccnc1. The van der Waals surface area contributed by atoms with Crippen LogP contribution in [0.1, 0.15) is 29.8 Å². The maximum Gasteiger partial charge on any atom is 0.174 e. The fourth-order valence-corrected chi connectivity index (χ4v) is 4.64. The van der Waals surface area contributed by atoms with Gasteiger partial charge < -0.3 is 10.4 Å². The summed E-state index contributed by atoms with van der Waals surface area (Å²) < 4.78 is 0. The van der Waals surface area contributed by atoms with Gasteiger partial charge in [0, 0.05) is 39.7 Å². The van der Waals surface area contributed by atoms with Gasteiger partial charge in [-0.25, -0.2) is 0 Å². The first-order valence-electron chi connectivity index (χ1n) is 9.64. The number of carbonyl (C=O) groups excluding carboxylic acids is 1. The summed E-state index contributed by atoms with van der Waals surface area (Å²) in [6, 6.07) is 11.3. The van der Waals surface area contributed by atoms with Crippen molar-refractivity contribution in [1.82, 2.24) is 10.3 Å². The number of aromatic nitrogens is 1. The molecule has 1 aliphatic heterocycles. The number of aliphatic hydroxyl groups excluding tert-OH is 1. The Labute approximate surface area is 175 Å². The summed E-state index contributed by atoms with van der Waals surface area (Å²) in [5, 5.41) is 17.8. The summed E-state index contributed by atoms with van der Waals surface area (Å²) in [5.41, 5.74) is 2.86. The molecule has 0 amide bonds. The van der Waals surface area contributed by atoms with Crippen molar-refractivity contribution in [2.24, 2.45) is 5.92 Å². The first-order valence-corrected chi connectivity index (χ1v) is 10.9. The van der Waals surface area contributed by atoms with Gasteiger partial charge in [0.05, 0.1) is 12.0 Å². The van der Waals surface area contributed by atoms with Gasteiger partial charge in [-0.3, -0.25) is 15.1 Å². The fraction of sp³-hybridized carbons (Fsp3) is 0.304. The lowest BCUT2D eigenvalue weighted by atomic mass is 9.81. The second-order valence-corrected chi connectivity index (χ2v) is 8.72. The molecule has 0 radical (unpaired) electrons. The van der Waals surface area contributed by atoms with E-state index in [1.54, 1.807) is 24.2 Å². The van der Waals surface area contributed by atoms with Crippen LogP contribution in [0.3, 0.4) is 0 Å². The number of ketones is 1. The van der Waals surface area contributed by atoms with E-state index >= 15 is 0 Å². The smallest absolute Gasteiger partial charge is 0.174 e. The van der Waals surface area contributed by atoms with E-state index < -0.39 is 11.8 Å². The molecule has 0 saturated heterocycles. The number of rotatable bonds is 5. The van der Waals surface area contributed by atoms with Gasteiger partial charge in [-0.1, -0.05) is 30.4 Å². The average Bonchev–Trinajstić information content (AvgIpc) is 2.73. The zero-order valence-corrected chi connectivity index (χ0v) is 17.5. The molecule has 3 N–H and O–H groups in total. The van der Waals surface area contributed by atoms with Crippen LogP contribution in [0.2, 0.25) is 0 Å². The third-order valence-electron chi connectivity index (χ3n) is 5.57. The van der Waals surface area contributed by atoms with E-state index in [4.69, 9.17) is 0 Å². The van der Waals surface area contributed by atoms with E-state index in [-0.39, 0.29) is 17.7 Å². The molecule has 0 spiro atoms. The number of anilines is 1. The van der Waals surface area contributed by atoms with Crippen LogP contribution < -0.4 is 10.6 Å². The normalized spacial score (nSPS) is 22.0. The molecule has 4 rings (SSSR count). The standard InChI is InChI=1S/C23H25N3O2S/c1-23(2,14-7-6-10-24-13-14)26-22(28)17-11-19-16(12-20(17)29-3)21(27)15-8-4-5-9-18(15)25-19/h4-13,16,19,22,25-26,28H,1-3H3. The highest BCUT2D eigenvalue weighted by Crippen LogP contribution is 2.38. The number of thioether (sulfide) groups is 1. The summed E-state index contributed by atoms with van der Waals surface area (Å²) in [6.07, 6.45) is 8.60. The first kappa shape index (κ1) is 19.9. The molecular formula is C23H25N3O2S. The lowest BCUT2D eigenvalue weighted by Gasteiger charge is -2.37. The zero-order chi connectivity index (χ0) is 20.6. The number of para-hydroxylation sites is 1. The second kappa shape index (κ2) is 7.78. The molecule has 1 aliphatic carbocycles. The summed E-state index contributed by atoms with van der Waals surface area (Å²) >= 11 is 1.54. The van der Waals surface area contributed by atoms with Crippen LogP contribution in [0.5, 0.6) is 0 Å². The van der Waals surface area contributed by atoms with Crippen molar-refractivity contribution in [2.45, 2.75) is 31.7 Å². The maximum atomic E-state index is 13.0. The van der Waals surface area contributed by atoms with Crippen molar-refractivity contribution >= 4 is 23.2 Å². The van der Waals surface area contributed by atoms with Crippen molar-refractivity contribution in [3.8, 4) is 0 Å². The van der Waals surface area contributed by atoms with Gasteiger partial charge in [0.25, 0.3) is 0 Å². The molecule has 5 nitrogen and oxygen atoms in total. The Morgan fingerprint density at radius 1 is 1.21 bits per heavy atom. The third-order valence-corrected chi connectivity index (χ3v) is 6.39. The Balaban J connectivity index is 1.62. The van der Waals surface area contributed by atoms with Crippen LogP contribution in [-0.4, -0.2) is 34.4 Å². The number of Topliss-reactive ketones (excluding diaryl/α,β-unsaturated/α-hetero) is 1. The van der Waals surface area contributed by atoms with Crippen LogP contribution in [0.15, 0.2) is 71.4 Å². The monoisotopic (exact) mass is 407 g/mol. The predicted molar refractivity (Wildman–Crippen MR) is 118 cm³/mol. The molecule has 2 heterocycles. The van der Waals surface area contributed by atoms with Crippen LogP contribution in [0.25, 0.3) is 0 Å². The van der Waals surface area contributed by atoms with Gasteiger partial charge in [-0.2, -0.15) is 0 Å². The first-order chi connectivity index (χ1) is 13.9. The van der Waals surface area contributed by atoms with Crippen molar-refractivity contribution in [3.63, 3.8) is 0 Å². The summed E-state index contributed by atoms with van der Waals surface area (Å²) in [7, 11) is 0. The molecule has 2 aromatic rings. The molecule has 6 heteroatoms. The predicted octanol–water partition coefficient (Wildman–Crippen LogP) is 3.70. The highest BCUT2D eigenvalue weighted by molar-refractivity contribution is 8.02. The van der Waals surface area contributed by atoms with E-state index in [9.17, 15) is 9.90 Å². The lowest BCUT2D eigenvalue weighted by molar-refractivity contribution is 0.0932. The Bertz CT molecular complexity index is 985. The molecule has 1 aromatic carbocycles. The minimum Gasteiger partial charge on any atom is -0.377 e. The van der Waals surface area contributed by atoms with E-state index in [1.807, 2.05) is 68.7 Å². The van der Waals surface area contributed by atoms with E-state index in [0.717, 1.165) is 27.3 Å². The van der Waals surface area contributed by atoms with Crippen molar-refractivity contribution in [1.29, 1.82) is 0 Å². The third kappa shape index (κ3) is 3.75. The second-order valence-electron chi connectivity index (χ2n) is 7.88. The number of hydrogen-bond acceptors (Lipinski definition) is 6. The van der Waals surface area contributed by atoms with Crippen LogP contribution in [0.4, 0.5) is 5.69 Å². The molecule has 2 aliphatic rings. The number of nitrogens with zero attached hydrogens (tertiary/aromatic N) is 1. The van der Waals surface area contributed by atoms with E-state index in [0.29, 0.717) is 0 Å². The summed E-state index contributed by atoms with van der Waals surface area (Å²) in [6.45, 7) is 4.03. The van der Waals surface area contributed by atoms with Crippen molar-refractivity contribution in [2.75, 3.05) is 11.6 Å². The topological polar surface area (TPSA) is 74.2 Å². The van der Waals surface area contributed by atoms with E-state index in [1.165, 1.54) is 0 Å². The van der Waals surface area contributed by atoms with E-state index in [2.05, 4.69) is 15.6 Å². The van der Waals surface area contributed by atoms with Gasteiger partial charge in [0.15, 0.2) is 5.78 Å². The Kier molecular flexibility index (Phi) is 5.34. The molecule has 0 fully saturated rings. The average molecular weight is 408 g/mol. The number of fused-ring (bicyclic) bond motifs is 2. The minimum atomic E-state index is -0.876. The molecule has 0 saturated carbocycles. The largest absolute Gasteiger partial charge is 0.377 e. The Morgan fingerprint density at radius 3 is 2.72 bits per heavy atom. The van der Waals surface area contributed by atoms with Gasteiger partial charge in [-0.15, -0.1) is 11.8 Å². The number of aliphatic hydroxyl groups is 1. The molecule has 0 bridgehead atoms. The molecular weight excluding hydrogens is 382 g/mol. The van der Waals surface area contributed by atoms with Crippen LogP contribution in [0, 0.1) is 5.92 Å². The Hall–Kier alpha value is -2.41. The quantitative estimate of drug-likeness (QED) is 0.656. The Morgan fingerprint density at radius 2 is 2.00 bits per heavy atom. The molecule has 1 aromatic heterocycles. The van der Waals surface area contributed by atoms with Crippen molar-refractivity contribution in [3.05, 3.63) is 82.5 Å². The number of hydrogen-bond donors (Lipinski definition) is 3. The molecule has 29 heavy (non-hydrogen) atoms. The van der Waals surface area contributed by atoms with Gasteiger partial charge >= 0.3 is 0 Å². The summed E-state index contributed by atoms with van der Waals surface area (Å²) in [4.78, 5) is 18.1. The number of benzene rings is 1. The molecule has 3 atom stereocenters. The number of nitrogens with one attached hydrogen (secondary N) is 2. The van der Waals surface area contributed by atoms with Gasteiger partial charge in [-0.05, 0) is 43.9 Å². The molecule has 3 unspecified atom stereocenters. The number of pyridine rings is 1. The fourth-order valence-electron chi connectivity index (χ4n) is 3.94. The number of carbonyl (C=O) groups is 1. The van der Waals surface area contributed by atoms with Crippen molar-refractivity contribution < 1.29 is 9.90 Å². The van der Waals surface area contributed by atoms with Crippen LogP contribution >= 0.6 is 11.8 Å². The maximum absolute atomic E-state index is 13.0. The highest BCUT2D eigenvalue weighted by atomic mass is 32.2. The summed E-state index contributed by atoms with van der Waals surface area (Å²) in [5.74, 6) is -0.154. The minimum absolute atomic E-state index is 0.115. The van der Waals surface area contributed by atoms with Crippen LogP contribution in [-0.2, 0) is 5.54 Å². The molecule has 150 valence electrons. The van der Waals surface area contributed by atoms with Gasteiger partial charge in [0.1, 0.15) is 6.23 Å². The lowest BCUT2D eigenvalue weighted by Crippen LogP contribution is -2.47. The van der Waals surface area contributed by atoms with Gasteiger partial charge in [0.2, 0.25) is 0 Å².